The van der Waals surface area contributed by atoms with Gasteiger partial charge in [-0.3, -0.25) is 4.98 Å². The quantitative estimate of drug-likeness (QED) is 0.814. The van der Waals surface area contributed by atoms with E-state index in [0.717, 1.165) is 0 Å². The average Bonchev–Trinajstić information content (AvgIpc) is 3.04. The number of ether oxygens (including phenoxy) is 1. The lowest BCUT2D eigenvalue weighted by molar-refractivity contribution is 0.0295. The van der Waals surface area contributed by atoms with Gasteiger partial charge < -0.3 is 9.64 Å². The summed E-state index contributed by atoms with van der Waals surface area (Å²) in [5.74, 6) is 0. The summed E-state index contributed by atoms with van der Waals surface area (Å²) in [4.78, 5) is 22.0. The Balaban J connectivity index is 1.79. The highest BCUT2D eigenvalue weighted by molar-refractivity contribution is 7.92. The van der Waals surface area contributed by atoms with E-state index in [-0.39, 0.29) is 11.6 Å². The number of rotatable bonds is 2. The van der Waals surface area contributed by atoms with Crippen LogP contribution < -0.4 is 0 Å². The van der Waals surface area contributed by atoms with E-state index in [1.807, 2.05) is 6.07 Å². The Morgan fingerprint density at radius 3 is 2.60 bits per heavy atom. The van der Waals surface area contributed by atoms with Gasteiger partial charge in [0.25, 0.3) is 0 Å². The fraction of sp³-hybridized carbons (Fsp3) is 0.471. The van der Waals surface area contributed by atoms with Gasteiger partial charge in [-0.25, -0.2) is 18.2 Å². The Kier molecular flexibility index (Phi) is 4.40. The number of likely N-dealkylation sites (tertiary alicyclic amines) is 1. The lowest BCUT2D eigenvalue weighted by atomic mass is 10.2. The number of para-hydroxylation sites is 2. The highest BCUT2D eigenvalue weighted by atomic mass is 32.2. The first-order valence-electron chi connectivity index (χ1n) is 8.10. The van der Waals surface area contributed by atoms with Crippen LogP contribution in [0.5, 0.6) is 0 Å². The Hall–Kier alpha value is -2.22. The molecule has 0 saturated carbocycles. The van der Waals surface area contributed by atoms with Gasteiger partial charge >= 0.3 is 6.09 Å². The van der Waals surface area contributed by atoms with Gasteiger partial charge in [0.1, 0.15) is 5.60 Å². The van der Waals surface area contributed by atoms with E-state index in [1.165, 1.54) is 11.1 Å². The number of carbonyl (C=O) groups excluding carboxylic acids is 1. The van der Waals surface area contributed by atoms with Crippen molar-refractivity contribution in [3.05, 3.63) is 30.5 Å². The topological polar surface area (TPSA) is 89.5 Å². The van der Waals surface area contributed by atoms with Crippen LogP contribution in [0, 0.1) is 0 Å². The summed E-state index contributed by atoms with van der Waals surface area (Å²) in [6, 6.07) is 7.11. The van der Waals surface area contributed by atoms with Crippen LogP contribution >= 0.6 is 0 Å². The molecule has 1 aromatic carbocycles. The number of carbonyl (C=O) groups is 1. The van der Waals surface area contributed by atoms with Crippen LogP contribution in [0.15, 0.2) is 35.5 Å². The number of amides is 1. The van der Waals surface area contributed by atoms with Crippen LogP contribution in [-0.2, 0) is 14.6 Å². The molecule has 2 aromatic rings. The van der Waals surface area contributed by atoms with Crippen molar-refractivity contribution in [2.24, 2.45) is 0 Å². The molecule has 1 fully saturated rings. The lowest BCUT2D eigenvalue weighted by Crippen LogP contribution is -2.36. The number of nitrogens with zero attached hydrogens (tertiary/aromatic N) is 3. The first-order valence-corrected chi connectivity index (χ1v) is 9.65. The second kappa shape index (κ2) is 6.25. The molecule has 1 amide bonds. The van der Waals surface area contributed by atoms with E-state index < -0.39 is 26.8 Å². The number of hydrogen-bond donors (Lipinski definition) is 0. The molecule has 1 aliphatic heterocycles. The van der Waals surface area contributed by atoms with Crippen molar-refractivity contribution in [3.63, 3.8) is 0 Å². The fourth-order valence-corrected chi connectivity index (χ4v) is 4.28. The Morgan fingerprint density at radius 1 is 1.24 bits per heavy atom. The largest absolute Gasteiger partial charge is 0.444 e. The predicted molar refractivity (Wildman–Crippen MR) is 92.9 cm³/mol. The van der Waals surface area contributed by atoms with E-state index in [1.54, 1.807) is 39.0 Å². The van der Waals surface area contributed by atoms with Crippen molar-refractivity contribution in [1.29, 1.82) is 0 Å². The van der Waals surface area contributed by atoms with Gasteiger partial charge in [0.05, 0.1) is 22.5 Å². The molecule has 7 nitrogen and oxygen atoms in total. The molecule has 0 radical (unpaired) electrons. The minimum Gasteiger partial charge on any atom is -0.444 e. The molecule has 1 saturated heterocycles. The second-order valence-electron chi connectivity index (χ2n) is 7.08. The summed E-state index contributed by atoms with van der Waals surface area (Å²) in [6.07, 6.45) is 1.15. The molecule has 3 rings (SSSR count). The molecule has 1 aromatic heterocycles. The molecule has 8 heteroatoms. The van der Waals surface area contributed by atoms with Gasteiger partial charge in [0.15, 0.2) is 5.03 Å². The Morgan fingerprint density at radius 2 is 1.92 bits per heavy atom. The first kappa shape index (κ1) is 17.6. The van der Waals surface area contributed by atoms with E-state index in [9.17, 15) is 13.2 Å². The molecule has 0 spiro atoms. The summed E-state index contributed by atoms with van der Waals surface area (Å²) in [5.41, 5.74) is 0.562. The second-order valence-corrected chi connectivity index (χ2v) is 9.25. The van der Waals surface area contributed by atoms with Crippen LogP contribution in [-0.4, -0.2) is 53.3 Å². The number of aromatic nitrogens is 2. The standard InChI is InChI=1S/C17H21N3O4S/c1-17(2,3)24-16(21)20-9-8-12(11-20)25(22,23)15-10-18-13-6-4-5-7-14(13)19-15/h4-7,10,12H,8-9,11H2,1-3H3/t12-/m0/s1. The molecule has 0 unspecified atom stereocenters. The van der Waals surface area contributed by atoms with Crippen LogP contribution in [0.2, 0.25) is 0 Å². The van der Waals surface area contributed by atoms with Crippen LogP contribution in [0.1, 0.15) is 27.2 Å². The van der Waals surface area contributed by atoms with Crippen molar-refractivity contribution in [2.45, 2.75) is 43.1 Å². The molecular weight excluding hydrogens is 342 g/mol. The lowest BCUT2D eigenvalue weighted by Gasteiger charge is -2.24. The minimum absolute atomic E-state index is 0.0535. The minimum atomic E-state index is -3.66. The van der Waals surface area contributed by atoms with Gasteiger partial charge in [-0.1, -0.05) is 12.1 Å². The number of fused-ring (bicyclic) bond motifs is 1. The zero-order chi connectivity index (χ0) is 18.2. The Bertz CT molecular complexity index is 905. The van der Waals surface area contributed by atoms with Gasteiger partial charge in [-0.05, 0) is 39.3 Å². The van der Waals surface area contributed by atoms with Crippen LogP contribution in [0.4, 0.5) is 4.79 Å². The molecule has 0 bridgehead atoms. The summed E-state index contributed by atoms with van der Waals surface area (Å²) >= 11 is 0. The van der Waals surface area contributed by atoms with E-state index in [0.29, 0.717) is 24.0 Å². The molecule has 0 aliphatic carbocycles. The fourth-order valence-electron chi connectivity index (χ4n) is 2.72. The smallest absolute Gasteiger partial charge is 0.410 e. The highest BCUT2D eigenvalue weighted by Gasteiger charge is 2.38. The number of hydrogen-bond acceptors (Lipinski definition) is 6. The Labute approximate surface area is 146 Å². The predicted octanol–water partition coefficient (Wildman–Crippen LogP) is 2.41. The first-order chi connectivity index (χ1) is 11.7. The number of sulfone groups is 1. The third-order valence-corrected chi connectivity index (χ3v) is 6.00. The van der Waals surface area contributed by atoms with Crippen molar-refractivity contribution >= 4 is 27.0 Å². The van der Waals surface area contributed by atoms with Crippen LogP contribution in [0.3, 0.4) is 0 Å². The third-order valence-electron chi connectivity index (χ3n) is 3.95. The van der Waals surface area contributed by atoms with Crippen LogP contribution in [0.25, 0.3) is 11.0 Å². The number of benzene rings is 1. The van der Waals surface area contributed by atoms with Gasteiger partial charge in [-0.2, -0.15) is 0 Å². The zero-order valence-electron chi connectivity index (χ0n) is 14.5. The molecule has 25 heavy (non-hydrogen) atoms. The van der Waals surface area contributed by atoms with E-state index in [4.69, 9.17) is 4.74 Å². The zero-order valence-corrected chi connectivity index (χ0v) is 15.3. The van der Waals surface area contributed by atoms with E-state index >= 15 is 0 Å². The molecule has 2 heterocycles. The molecule has 1 aliphatic rings. The molecule has 1 atom stereocenters. The third kappa shape index (κ3) is 3.73. The van der Waals surface area contributed by atoms with Crippen molar-refractivity contribution < 1.29 is 17.9 Å². The van der Waals surface area contributed by atoms with Crippen molar-refractivity contribution in [1.82, 2.24) is 14.9 Å². The van der Waals surface area contributed by atoms with Gasteiger partial charge in [0, 0.05) is 13.1 Å². The maximum absolute atomic E-state index is 12.9. The monoisotopic (exact) mass is 363 g/mol. The van der Waals surface area contributed by atoms with Gasteiger partial charge in [0.2, 0.25) is 9.84 Å². The molecular formula is C17H21N3O4S. The maximum Gasteiger partial charge on any atom is 0.410 e. The normalized spacial score (nSPS) is 18.5. The van der Waals surface area contributed by atoms with Gasteiger partial charge in [-0.15, -0.1) is 0 Å². The summed E-state index contributed by atoms with van der Waals surface area (Å²) < 4.78 is 31.0. The molecule has 0 N–H and O–H groups in total. The summed E-state index contributed by atoms with van der Waals surface area (Å²) in [5, 5.41) is -0.752. The molecule has 134 valence electrons. The average molecular weight is 363 g/mol. The van der Waals surface area contributed by atoms with E-state index in [2.05, 4.69) is 9.97 Å². The SMILES string of the molecule is CC(C)(C)OC(=O)N1CC[C@H](S(=O)(=O)c2cnc3ccccc3n2)C1. The summed E-state index contributed by atoms with van der Waals surface area (Å²) in [7, 11) is -3.66. The maximum atomic E-state index is 12.9. The van der Waals surface area contributed by atoms with Crippen molar-refractivity contribution in [2.75, 3.05) is 13.1 Å². The van der Waals surface area contributed by atoms with Crippen molar-refractivity contribution in [3.8, 4) is 0 Å². The summed E-state index contributed by atoms with van der Waals surface area (Å²) in [6.45, 7) is 5.78. The highest BCUT2D eigenvalue weighted by Crippen LogP contribution is 2.25.